The van der Waals surface area contributed by atoms with E-state index >= 15 is 0 Å². The fraction of sp³-hybridized carbons (Fsp3) is 0.455. The zero-order chi connectivity index (χ0) is 21.7. The number of nitrogens with zero attached hydrogens (tertiary/aromatic N) is 1. The molecule has 0 atom stereocenters. The Morgan fingerprint density at radius 1 is 1.10 bits per heavy atom. The van der Waals surface area contributed by atoms with E-state index < -0.39 is 6.43 Å². The third kappa shape index (κ3) is 5.86. The minimum absolute atomic E-state index is 0.0570. The van der Waals surface area contributed by atoms with Gasteiger partial charge in [-0.05, 0) is 47.9 Å². The molecule has 0 unspecified atom stereocenters. The summed E-state index contributed by atoms with van der Waals surface area (Å²) in [5.41, 5.74) is 2.11. The number of benzene rings is 1. The molecule has 2 aromatic rings. The summed E-state index contributed by atoms with van der Waals surface area (Å²) < 4.78 is 25.0. The Balaban J connectivity index is 1.57. The van der Waals surface area contributed by atoms with Gasteiger partial charge in [-0.1, -0.05) is 26.0 Å². The second-order valence-corrected chi connectivity index (χ2v) is 8.75. The molecule has 1 aromatic heterocycles. The van der Waals surface area contributed by atoms with Crippen LogP contribution in [0.2, 0.25) is 0 Å². The number of anilines is 1. The van der Waals surface area contributed by atoms with E-state index in [2.05, 4.69) is 24.5 Å². The molecule has 2 N–H and O–H groups in total. The minimum atomic E-state index is -2.34. The summed E-state index contributed by atoms with van der Waals surface area (Å²) in [4.78, 5) is 27.0. The van der Waals surface area contributed by atoms with Crippen LogP contribution in [-0.2, 0) is 0 Å². The van der Waals surface area contributed by atoms with Crippen molar-refractivity contribution in [3.8, 4) is 0 Å². The summed E-state index contributed by atoms with van der Waals surface area (Å²) in [5.74, 6) is -0.131. The number of alkyl halides is 2. The van der Waals surface area contributed by atoms with Gasteiger partial charge in [-0.2, -0.15) is 0 Å². The summed E-state index contributed by atoms with van der Waals surface area (Å²) in [7, 11) is 0. The molecule has 3 rings (SSSR count). The van der Waals surface area contributed by atoms with Crippen LogP contribution < -0.4 is 10.6 Å². The van der Waals surface area contributed by atoms with Gasteiger partial charge in [0.05, 0.1) is 12.1 Å². The summed E-state index contributed by atoms with van der Waals surface area (Å²) in [6.07, 6.45) is -1.08. The lowest BCUT2D eigenvalue weighted by atomic mass is 10.0. The van der Waals surface area contributed by atoms with E-state index in [-0.39, 0.29) is 24.4 Å². The normalized spacial score (nSPS) is 15.5. The van der Waals surface area contributed by atoms with Crippen LogP contribution >= 0.6 is 11.3 Å². The van der Waals surface area contributed by atoms with E-state index in [1.165, 1.54) is 11.3 Å². The topological polar surface area (TPSA) is 61.4 Å². The van der Waals surface area contributed by atoms with Crippen molar-refractivity contribution in [3.05, 3.63) is 52.4 Å². The lowest BCUT2D eigenvalue weighted by Gasteiger charge is -2.32. The van der Waals surface area contributed by atoms with Crippen LogP contribution in [0.5, 0.6) is 0 Å². The summed E-state index contributed by atoms with van der Waals surface area (Å²) >= 11 is 1.29. The first-order valence-corrected chi connectivity index (χ1v) is 11.0. The van der Waals surface area contributed by atoms with E-state index in [9.17, 15) is 18.4 Å². The highest BCUT2D eigenvalue weighted by atomic mass is 32.1. The largest absolute Gasteiger partial charge is 0.349 e. The minimum Gasteiger partial charge on any atom is -0.349 e. The summed E-state index contributed by atoms with van der Waals surface area (Å²) in [6, 6.07) is 9.06. The number of amides is 2. The molecule has 5 nitrogen and oxygen atoms in total. The maximum absolute atomic E-state index is 12.7. The van der Waals surface area contributed by atoms with Gasteiger partial charge < -0.3 is 10.6 Å². The highest BCUT2D eigenvalue weighted by Crippen LogP contribution is 2.25. The standard InChI is InChI=1S/C22H27F2N3O2S/c1-14(2)15-3-5-16(6-4-15)20(28)26-22-18(9-12-30-22)21(29)25-17-7-10-27(11-8-17)13-19(23)24/h3-6,9,12,14,17,19H,7-8,10-11,13H2,1-2H3,(H,25,29)(H,26,28). The zero-order valence-corrected chi connectivity index (χ0v) is 18.0. The average Bonchev–Trinajstić information content (AvgIpc) is 3.17. The molecule has 2 heterocycles. The number of halogens is 2. The van der Waals surface area contributed by atoms with Crippen LogP contribution in [0.4, 0.5) is 13.8 Å². The smallest absolute Gasteiger partial charge is 0.256 e. The van der Waals surface area contributed by atoms with E-state index in [0.29, 0.717) is 48.0 Å². The Bertz CT molecular complexity index is 860. The number of nitrogens with one attached hydrogen (secondary N) is 2. The van der Waals surface area contributed by atoms with E-state index in [4.69, 9.17) is 0 Å². The Kier molecular flexibility index (Phi) is 7.55. The highest BCUT2D eigenvalue weighted by molar-refractivity contribution is 7.14. The van der Waals surface area contributed by atoms with Crippen molar-refractivity contribution in [3.63, 3.8) is 0 Å². The van der Waals surface area contributed by atoms with Crippen LogP contribution in [0.1, 0.15) is 58.9 Å². The number of thiophene rings is 1. The molecule has 0 radical (unpaired) electrons. The number of likely N-dealkylation sites (tertiary alicyclic amines) is 1. The van der Waals surface area contributed by atoms with Gasteiger partial charge in [-0.15, -0.1) is 11.3 Å². The van der Waals surface area contributed by atoms with Gasteiger partial charge in [-0.25, -0.2) is 8.78 Å². The molecule has 0 bridgehead atoms. The van der Waals surface area contributed by atoms with Crippen molar-refractivity contribution in [2.75, 3.05) is 25.0 Å². The predicted molar refractivity (Wildman–Crippen MR) is 116 cm³/mol. The first-order valence-electron chi connectivity index (χ1n) is 10.1. The van der Waals surface area contributed by atoms with Crippen LogP contribution in [0.3, 0.4) is 0 Å². The van der Waals surface area contributed by atoms with Gasteiger partial charge in [0, 0.05) is 24.7 Å². The number of carbonyl (C=O) groups excluding carboxylic acids is 2. The molecular weight excluding hydrogens is 408 g/mol. The highest BCUT2D eigenvalue weighted by Gasteiger charge is 2.24. The first-order chi connectivity index (χ1) is 14.3. The van der Waals surface area contributed by atoms with Crippen molar-refractivity contribution in [2.24, 2.45) is 0 Å². The van der Waals surface area contributed by atoms with Crippen LogP contribution in [0.15, 0.2) is 35.7 Å². The molecule has 1 fully saturated rings. The van der Waals surface area contributed by atoms with E-state index in [0.717, 1.165) is 5.56 Å². The van der Waals surface area contributed by atoms with Gasteiger partial charge >= 0.3 is 0 Å². The van der Waals surface area contributed by atoms with E-state index in [1.54, 1.807) is 28.5 Å². The number of rotatable bonds is 7. The Morgan fingerprint density at radius 3 is 2.37 bits per heavy atom. The molecular formula is C22H27F2N3O2S. The van der Waals surface area contributed by atoms with Crippen molar-refractivity contribution >= 4 is 28.2 Å². The molecule has 1 aliphatic heterocycles. The monoisotopic (exact) mass is 435 g/mol. The molecule has 0 saturated carbocycles. The second-order valence-electron chi connectivity index (χ2n) is 7.83. The molecule has 0 aliphatic carbocycles. The third-order valence-electron chi connectivity index (χ3n) is 5.30. The number of piperidine rings is 1. The lowest BCUT2D eigenvalue weighted by Crippen LogP contribution is -2.45. The van der Waals surface area contributed by atoms with Crippen molar-refractivity contribution in [1.82, 2.24) is 10.2 Å². The predicted octanol–water partition coefficient (Wildman–Crippen LogP) is 4.58. The third-order valence-corrected chi connectivity index (χ3v) is 6.13. The number of hydrogen-bond donors (Lipinski definition) is 2. The molecule has 0 spiro atoms. The van der Waals surface area contributed by atoms with Gasteiger partial charge in [0.2, 0.25) is 0 Å². The van der Waals surface area contributed by atoms with Crippen LogP contribution in [-0.4, -0.2) is 48.8 Å². The van der Waals surface area contributed by atoms with Crippen molar-refractivity contribution in [2.45, 2.75) is 45.1 Å². The Hall–Kier alpha value is -2.32. The molecule has 1 aromatic carbocycles. The van der Waals surface area contributed by atoms with Crippen LogP contribution in [0.25, 0.3) is 0 Å². The van der Waals surface area contributed by atoms with E-state index in [1.807, 2.05) is 12.1 Å². The van der Waals surface area contributed by atoms with Gasteiger partial charge in [0.1, 0.15) is 5.00 Å². The SMILES string of the molecule is CC(C)c1ccc(C(=O)Nc2sccc2C(=O)NC2CCN(CC(F)F)CC2)cc1. The van der Waals surface area contributed by atoms with Crippen LogP contribution in [0, 0.1) is 0 Å². The molecule has 8 heteroatoms. The fourth-order valence-electron chi connectivity index (χ4n) is 3.50. The zero-order valence-electron chi connectivity index (χ0n) is 17.2. The number of hydrogen-bond acceptors (Lipinski definition) is 4. The molecule has 2 amide bonds. The van der Waals surface area contributed by atoms with Gasteiger partial charge in [-0.3, -0.25) is 14.5 Å². The summed E-state index contributed by atoms with van der Waals surface area (Å²) in [6.45, 7) is 5.03. The van der Waals surface area contributed by atoms with Crippen molar-refractivity contribution < 1.29 is 18.4 Å². The van der Waals surface area contributed by atoms with Gasteiger partial charge in [0.15, 0.2) is 0 Å². The molecule has 1 saturated heterocycles. The maximum atomic E-state index is 12.7. The first kappa shape index (κ1) is 22.4. The molecule has 1 aliphatic rings. The second kappa shape index (κ2) is 10.1. The Labute approximate surface area is 179 Å². The fourth-order valence-corrected chi connectivity index (χ4v) is 4.28. The van der Waals surface area contributed by atoms with Crippen molar-refractivity contribution in [1.29, 1.82) is 0 Å². The molecule has 162 valence electrons. The lowest BCUT2D eigenvalue weighted by molar-refractivity contribution is 0.0696. The van der Waals surface area contributed by atoms with Gasteiger partial charge in [0.25, 0.3) is 18.2 Å². The molecule has 30 heavy (non-hydrogen) atoms. The maximum Gasteiger partial charge on any atom is 0.256 e. The Morgan fingerprint density at radius 2 is 1.77 bits per heavy atom. The number of carbonyl (C=O) groups is 2. The quantitative estimate of drug-likeness (QED) is 0.669. The summed E-state index contributed by atoms with van der Waals surface area (Å²) in [5, 5.41) is 8.06. The average molecular weight is 436 g/mol.